The van der Waals surface area contributed by atoms with Crippen molar-refractivity contribution in [2.45, 2.75) is 51.6 Å². The SMILES string of the molecule is CCN(C(=O)NC(C)C(=O)O)C1CCCC1. The number of carboxylic acids is 1. The van der Waals surface area contributed by atoms with Crippen LogP contribution in [0.15, 0.2) is 0 Å². The molecule has 0 aliphatic heterocycles. The lowest BCUT2D eigenvalue weighted by atomic mass is 10.2. The monoisotopic (exact) mass is 228 g/mol. The van der Waals surface area contributed by atoms with Gasteiger partial charge in [0.2, 0.25) is 0 Å². The summed E-state index contributed by atoms with van der Waals surface area (Å²) in [6.45, 7) is 4.02. The molecule has 1 aliphatic carbocycles. The molecule has 1 saturated carbocycles. The molecule has 0 aromatic heterocycles. The average molecular weight is 228 g/mol. The van der Waals surface area contributed by atoms with Gasteiger partial charge in [0.25, 0.3) is 0 Å². The van der Waals surface area contributed by atoms with Crippen LogP contribution in [-0.2, 0) is 4.79 Å². The minimum Gasteiger partial charge on any atom is -0.480 e. The second-order valence-electron chi connectivity index (χ2n) is 4.23. The fourth-order valence-electron chi connectivity index (χ4n) is 2.11. The van der Waals surface area contributed by atoms with E-state index in [1.54, 1.807) is 4.90 Å². The number of hydrogen-bond donors (Lipinski definition) is 2. The van der Waals surface area contributed by atoms with Crippen LogP contribution in [0, 0.1) is 0 Å². The number of nitrogens with one attached hydrogen (secondary N) is 1. The summed E-state index contributed by atoms with van der Waals surface area (Å²) >= 11 is 0. The number of rotatable bonds is 4. The van der Waals surface area contributed by atoms with E-state index in [1.165, 1.54) is 6.92 Å². The highest BCUT2D eigenvalue weighted by atomic mass is 16.4. The van der Waals surface area contributed by atoms with Crippen LogP contribution in [0.5, 0.6) is 0 Å². The Kier molecular flexibility index (Phi) is 4.58. The number of nitrogens with zero attached hydrogens (tertiary/aromatic N) is 1. The van der Waals surface area contributed by atoms with E-state index in [2.05, 4.69) is 5.32 Å². The third-order valence-electron chi connectivity index (χ3n) is 3.08. The van der Waals surface area contributed by atoms with Crippen molar-refractivity contribution in [2.24, 2.45) is 0 Å². The molecule has 1 rings (SSSR count). The Hall–Kier alpha value is -1.26. The first-order valence-electron chi connectivity index (χ1n) is 5.86. The molecule has 1 unspecified atom stereocenters. The largest absolute Gasteiger partial charge is 0.480 e. The van der Waals surface area contributed by atoms with Crippen LogP contribution in [0.3, 0.4) is 0 Å². The number of aliphatic carboxylic acids is 1. The van der Waals surface area contributed by atoms with Crippen molar-refractivity contribution in [3.8, 4) is 0 Å². The zero-order valence-corrected chi connectivity index (χ0v) is 9.90. The molecular formula is C11H20N2O3. The maximum atomic E-state index is 11.8. The highest BCUT2D eigenvalue weighted by Crippen LogP contribution is 2.23. The number of carboxylic acid groups (broad SMARTS) is 1. The molecule has 5 nitrogen and oxygen atoms in total. The number of carbonyl (C=O) groups excluding carboxylic acids is 1. The smallest absolute Gasteiger partial charge is 0.325 e. The second kappa shape index (κ2) is 5.72. The Labute approximate surface area is 95.8 Å². The number of hydrogen-bond acceptors (Lipinski definition) is 2. The normalized spacial score (nSPS) is 18.1. The maximum Gasteiger partial charge on any atom is 0.325 e. The van der Waals surface area contributed by atoms with E-state index in [0.29, 0.717) is 6.54 Å². The molecule has 2 amide bonds. The van der Waals surface area contributed by atoms with E-state index in [-0.39, 0.29) is 12.1 Å². The van der Waals surface area contributed by atoms with E-state index in [1.807, 2.05) is 6.92 Å². The first kappa shape index (κ1) is 12.8. The van der Waals surface area contributed by atoms with Gasteiger partial charge in [-0.2, -0.15) is 0 Å². The van der Waals surface area contributed by atoms with Crippen molar-refractivity contribution in [3.05, 3.63) is 0 Å². The molecule has 0 bridgehead atoms. The molecule has 16 heavy (non-hydrogen) atoms. The number of urea groups is 1. The van der Waals surface area contributed by atoms with Gasteiger partial charge in [0.1, 0.15) is 6.04 Å². The van der Waals surface area contributed by atoms with Crippen LogP contribution >= 0.6 is 0 Å². The quantitative estimate of drug-likeness (QED) is 0.764. The molecule has 0 aromatic carbocycles. The van der Waals surface area contributed by atoms with Crippen molar-refractivity contribution in [3.63, 3.8) is 0 Å². The van der Waals surface area contributed by atoms with Crippen molar-refractivity contribution in [1.29, 1.82) is 0 Å². The van der Waals surface area contributed by atoms with Crippen LogP contribution < -0.4 is 5.32 Å². The van der Waals surface area contributed by atoms with Crippen LogP contribution in [0.25, 0.3) is 0 Å². The summed E-state index contributed by atoms with van der Waals surface area (Å²) in [6.07, 6.45) is 4.37. The van der Waals surface area contributed by atoms with Gasteiger partial charge in [0, 0.05) is 12.6 Å². The first-order chi connectivity index (χ1) is 7.56. The van der Waals surface area contributed by atoms with Gasteiger partial charge in [0.05, 0.1) is 0 Å². The Morgan fingerprint density at radius 1 is 1.44 bits per heavy atom. The summed E-state index contributed by atoms with van der Waals surface area (Å²) in [5.74, 6) is -1.00. The molecule has 0 saturated heterocycles. The summed E-state index contributed by atoms with van der Waals surface area (Å²) in [6, 6.07) is -0.807. The molecule has 1 atom stereocenters. The van der Waals surface area contributed by atoms with Gasteiger partial charge in [-0.15, -0.1) is 0 Å². The molecule has 1 fully saturated rings. The zero-order chi connectivity index (χ0) is 12.1. The third-order valence-corrected chi connectivity index (χ3v) is 3.08. The Balaban J connectivity index is 2.52. The fourth-order valence-corrected chi connectivity index (χ4v) is 2.11. The second-order valence-corrected chi connectivity index (χ2v) is 4.23. The summed E-state index contributed by atoms with van der Waals surface area (Å²) < 4.78 is 0. The molecular weight excluding hydrogens is 208 g/mol. The summed E-state index contributed by atoms with van der Waals surface area (Å²) in [4.78, 5) is 24.2. The molecule has 0 heterocycles. The minimum absolute atomic E-state index is 0.260. The number of carbonyl (C=O) groups is 2. The van der Waals surface area contributed by atoms with Crippen molar-refractivity contribution >= 4 is 12.0 Å². The average Bonchev–Trinajstić information content (AvgIpc) is 2.72. The zero-order valence-electron chi connectivity index (χ0n) is 9.90. The lowest BCUT2D eigenvalue weighted by Crippen LogP contribution is -2.49. The van der Waals surface area contributed by atoms with Crippen molar-refractivity contribution in [1.82, 2.24) is 10.2 Å². The van der Waals surface area contributed by atoms with Crippen molar-refractivity contribution < 1.29 is 14.7 Å². The lowest BCUT2D eigenvalue weighted by molar-refractivity contribution is -0.138. The van der Waals surface area contributed by atoms with E-state index in [4.69, 9.17) is 5.11 Å². The summed E-state index contributed by atoms with van der Waals surface area (Å²) in [5.41, 5.74) is 0. The van der Waals surface area contributed by atoms with Crippen LogP contribution in [0.1, 0.15) is 39.5 Å². The minimum atomic E-state index is -1.00. The van der Waals surface area contributed by atoms with Gasteiger partial charge in [-0.3, -0.25) is 4.79 Å². The van der Waals surface area contributed by atoms with Crippen molar-refractivity contribution in [2.75, 3.05) is 6.54 Å². The van der Waals surface area contributed by atoms with Gasteiger partial charge in [-0.25, -0.2) is 4.79 Å². The van der Waals surface area contributed by atoms with Gasteiger partial charge in [-0.1, -0.05) is 12.8 Å². The predicted octanol–water partition coefficient (Wildman–Crippen LogP) is 1.43. The van der Waals surface area contributed by atoms with Gasteiger partial charge in [-0.05, 0) is 26.7 Å². The summed E-state index contributed by atoms with van der Waals surface area (Å²) in [7, 11) is 0. The Bertz CT molecular complexity index is 262. The Morgan fingerprint density at radius 2 is 2.00 bits per heavy atom. The van der Waals surface area contributed by atoms with Gasteiger partial charge in [0.15, 0.2) is 0 Å². The molecule has 5 heteroatoms. The van der Waals surface area contributed by atoms with E-state index >= 15 is 0 Å². The Morgan fingerprint density at radius 3 is 2.44 bits per heavy atom. The van der Waals surface area contributed by atoms with Crippen LogP contribution in [0.4, 0.5) is 4.79 Å². The van der Waals surface area contributed by atoms with Gasteiger partial charge >= 0.3 is 12.0 Å². The summed E-state index contributed by atoms with van der Waals surface area (Å²) in [5, 5.41) is 11.2. The van der Waals surface area contributed by atoms with E-state index in [0.717, 1.165) is 25.7 Å². The topological polar surface area (TPSA) is 69.6 Å². The fraction of sp³-hybridized carbons (Fsp3) is 0.818. The first-order valence-corrected chi connectivity index (χ1v) is 5.86. The highest BCUT2D eigenvalue weighted by molar-refractivity contribution is 5.82. The van der Waals surface area contributed by atoms with Gasteiger partial charge < -0.3 is 15.3 Å². The van der Waals surface area contributed by atoms with Crippen LogP contribution in [-0.4, -0.2) is 40.6 Å². The molecule has 2 N–H and O–H groups in total. The maximum absolute atomic E-state index is 11.8. The van der Waals surface area contributed by atoms with E-state index < -0.39 is 12.0 Å². The molecule has 0 spiro atoms. The van der Waals surface area contributed by atoms with Crippen LogP contribution in [0.2, 0.25) is 0 Å². The third kappa shape index (κ3) is 3.12. The van der Waals surface area contributed by atoms with E-state index in [9.17, 15) is 9.59 Å². The predicted molar refractivity (Wildman–Crippen MR) is 60.3 cm³/mol. The standard InChI is InChI=1S/C11H20N2O3/c1-3-13(9-6-4-5-7-9)11(16)12-8(2)10(14)15/h8-9H,3-7H2,1-2H3,(H,12,16)(H,14,15). The molecule has 0 aromatic rings. The molecule has 92 valence electrons. The molecule has 0 radical (unpaired) electrons. The lowest BCUT2D eigenvalue weighted by Gasteiger charge is -2.28. The number of amides is 2. The molecule has 1 aliphatic rings. The highest BCUT2D eigenvalue weighted by Gasteiger charge is 2.26.